The molecule has 0 unspecified atom stereocenters. The molecule has 0 saturated heterocycles. The molecule has 0 aliphatic heterocycles. The molecule has 0 aromatic heterocycles. The van der Waals surface area contributed by atoms with Crippen molar-refractivity contribution in [1.82, 2.24) is 0 Å². The highest BCUT2D eigenvalue weighted by molar-refractivity contribution is 5.98. The van der Waals surface area contributed by atoms with Crippen molar-refractivity contribution < 1.29 is 9.18 Å². The first-order chi connectivity index (χ1) is 11.0. The van der Waals surface area contributed by atoms with E-state index in [1.165, 1.54) is 11.1 Å². The number of halogens is 1. The standard InChI is InChI=1S/C21H29FO/c1-4-5-7-12-20(22)18-13-15(2)16(3)14-19(18)21(23)17-10-8-6-9-11-17/h6,8-11,18-20H,4-5,7,12-14H2,1-3H3/t18-,19-,20+/m0/s1. The minimum Gasteiger partial charge on any atom is -0.294 e. The van der Waals surface area contributed by atoms with Crippen LogP contribution in [0.25, 0.3) is 0 Å². The van der Waals surface area contributed by atoms with Gasteiger partial charge in [-0.05, 0) is 33.1 Å². The van der Waals surface area contributed by atoms with Gasteiger partial charge < -0.3 is 0 Å². The van der Waals surface area contributed by atoms with Crippen LogP contribution in [0.15, 0.2) is 41.5 Å². The van der Waals surface area contributed by atoms with E-state index in [0.29, 0.717) is 12.8 Å². The Morgan fingerprint density at radius 3 is 2.43 bits per heavy atom. The van der Waals surface area contributed by atoms with E-state index in [9.17, 15) is 9.18 Å². The van der Waals surface area contributed by atoms with Crippen LogP contribution in [0.4, 0.5) is 4.39 Å². The number of unbranched alkanes of at least 4 members (excludes halogenated alkanes) is 2. The fourth-order valence-electron chi connectivity index (χ4n) is 3.61. The Morgan fingerprint density at radius 2 is 1.78 bits per heavy atom. The predicted molar refractivity (Wildman–Crippen MR) is 94.4 cm³/mol. The van der Waals surface area contributed by atoms with Gasteiger partial charge in [-0.25, -0.2) is 4.39 Å². The molecule has 1 nitrogen and oxygen atoms in total. The summed E-state index contributed by atoms with van der Waals surface area (Å²) in [7, 11) is 0. The number of ketones is 1. The first-order valence-electron chi connectivity index (χ1n) is 8.93. The Morgan fingerprint density at radius 1 is 1.13 bits per heavy atom. The molecular weight excluding hydrogens is 287 g/mol. The minimum atomic E-state index is -0.873. The number of allylic oxidation sites excluding steroid dienone is 2. The average molecular weight is 316 g/mol. The van der Waals surface area contributed by atoms with E-state index in [-0.39, 0.29) is 17.6 Å². The third-order valence-corrected chi connectivity index (χ3v) is 5.26. The molecule has 1 aromatic carbocycles. The maximum Gasteiger partial charge on any atom is 0.166 e. The zero-order valence-electron chi connectivity index (χ0n) is 14.6. The summed E-state index contributed by atoms with van der Waals surface area (Å²) in [5, 5.41) is 0. The molecule has 0 fully saturated rings. The zero-order chi connectivity index (χ0) is 16.8. The van der Waals surface area contributed by atoms with Gasteiger partial charge in [0, 0.05) is 17.4 Å². The lowest BCUT2D eigenvalue weighted by atomic mass is 9.70. The first-order valence-corrected chi connectivity index (χ1v) is 8.93. The zero-order valence-corrected chi connectivity index (χ0v) is 14.6. The molecular formula is C21H29FO. The SMILES string of the molecule is CCCCC[C@@H](F)[C@H]1CC(C)=C(C)C[C@@H]1C(=O)c1ccccc1. The number of Topliss-reactive ketones (excluding diaryl/α,β-unsaturated/α-hetero) is 1. The van der Waals surface area contributed by atoms with Crippen LogP contribution in [0.5, 0.6) is 0 Å². The summed E-state index contributed by atoms with van der Waals surface area (Å²) in [5.41, 5.74) is 3.25. The highest BCUT2D eigenvalue weighted by Crippen LogP contribution is 2.40. The number of carbonyl (C=O) groups excluding carboxylic acids is 1. The van der Waals surface area contributed by atoms with Crippen molar-refractivity contribution in [1.29, 1.82) is 0 Å². The van der Waals surface area contributed by atoms with Crippen LogP contribution in [-0.2, 0) is 0 Å². The second kappa shape index (κ2) is 8.42. The lowest BCUT2D eigenvalue weighted by Crippen LogP contribution is -2.34. The fourth-order valence-corrected chi connectivity index (χ4v) is 3.61. The Hall–Kier alpha value is -1.44. The monoisotopic (exact) mass is 316 g/mol. The maximum absolute atomic E-state index is 14.9. The summed E-state index contributed by atoms with van der Waals surface area (Å²) >= 11 is 0. The Kier molecular flexibility index (Phi) is 6.56. The van der Waals surface area contributed by atoms with Crippen LogP contribution in [-0.4, -0.2) is 12.0 Å². The maximum atomic E-state index is 14.9. The second-order valence-corrected chi connectivity index (χ2v) is 6.98. The Bertz CT molecular complexity index is 546. The molecule has 0 spiro atoms. The molecule has 0 amide bonds. The largest absolute Gasteiger partial charge is 0.294 e. The van der Waals surface area contributed by atoms with Gasteiger partial charge in [-0.15, -0.1) is 0 Å². The van der Waals surface area contributed by atoms with Crippen LogP contribution in [0.2, 0.25) is 0 Å². The normalized spacial score (nSPS) is 23.0. The van der Waals surface area contributed by atoms with Crippen molar-refractivity contribution in [2.75, 3.05) is 0 Å². The van der Waals surface area contributed by atoms with Gasteiger partial charge in [0.1, 0.15) is 6.17 Å². The molecule has 1 aromatic rings. The van der Waals surface area contributed by atoms with E-state index in [0.717, 1.165) is 31.2 Å². The van der Waals surface area contributed by atoms with Crippen LogP contribution in [0.1, 0.15) is 69.7 Å². The molecule has 0 N–H and O–H groups in total. The first kappa shape index (κ1) is 17.9. The molecule has 0 saturated carbocycles. The summed E-state index contributed by atoms with van der Waals surface area (Å²) < 4.78 is 14.9. The van der Waals surface area contributed by atoms with Gasteiger partial charge in [0.2, 0.25) is 0 Å². The van der Waals surface area contributed by atoms with Crippen LogP contribution in [0.3, 0.4) is 0 Å². The topological polar surface area (TPSA) is 17.1 Å². The highest BCUT2D eigenvalue weighted by atomic mass is 19.1. The quantitative estimate of drug-likeness (QED) is 0.335. The van der Waals surface area contributed by atoms with Crippen molar-refractivity contribution in [3.05, 3.63) is 47.0 Å². The number of benzene rings is 1. The summed E-state index contributed by atoms with van der Waals surface area (Å²) in [4.78, 5) is 12.9. The second-order valence-electron chi connectivity index (χ2n) is 6.98. The smallest absolute Gasteiger partial charge is 0.166 e. The van der Waals surface area contributed by atoms with Gasteiger partial charge in [-0.2, -0.15) is 0 Å². The van der Waals surface area contributed by atoms with E-state index in [4.69, 9.17) is 0 Å². The molecule has 126 valence electrons. The van der Waals surface area contributed by atoms with Crippen molar-refractivity contribution in [2.45, 2.75) is 65.5 Å². The van der Waals surface area contributed by atoms with E-state index < -0.39 is 6.17 Å². The summed E-state index contributed by atoms with van der Waals surface area (Å²) in [5.74, 6) is -0.262. The van der Waals surface area contributed by atoms with Crippen molar-refractivity contribution in [3.63, 3.8) is 0 Å². The van der Waals surface area contributed by atoms with Gasteiger partial charge in [0.15, 0.2) is 5.78 Å². The van der Waals surface area contributed by atoms with Crippen LogP contribution < -0.4 is 0 Å². The third kappa shape index (κ3) is 4.53. The van der Waals surface area contributed by atoms with Crippen molar-refractivity contribution >= 4 is 5.78 Å². The molecule has 3 atom stereocenters. The number of hydrogen-bond acceptors (Lipinski definition) is 1. The Labute approximate surface area is 140 Å². The minimum absolute atomic E-state index is 0.112. The molecule has 0 radical (unpaired) electrons. The number of alkyl halides is 1. The lowest BCUT2D eigenvalue weighted by Gasteiger charge is -2.34. The number of rotatable bonds is 7. The van der Waals surface area contributed by atoms with E-state index >= 15 is 0 Å². The molecule has 2 rings (SSSR count). The third-order valence-electron chi connectivity index (χ3n) is 5.26. The van der Waals surface area contributed by atoms with Gasteiger partial charge in [-0.3, -0.25) is 4.79 Å². The molecule has 0 heterocycles. The van der Waals surface area contributed by atoms with E-state index in [1.54, 1.807) is 0 Å². The van der Waals surface area contributed by atoms with Crippen LogP contribution >= 0.6 is 0 Å². The summed E-state index contributed by atoms with van der Waals surface area (Å²) in [6.45, 7) is 6.30. The number of hydrogen-bond donors (Lipinski definition) is 0. The van der Waals surface area contributed by atoms with Crippen molar-refractivity contribution in [2.24, 2.45) is 11.8 Å². The van der Waals surface area contributed by atoms with Gasteiger partial charge in [-0.1, -0.05) is 67.7 Å². The molecule has 2 heteroatoms. The van der Waals surface area contributed by atoms with Gasteiger partial charge in [0.05, 0.1) is 0 Å². The predicted octanol–water partition coefficient (Wildman–Crippen LogP) is 6.15. The van der Waals surface area contributed by atoms with E-state index in [2.05, 4.69) is 20.8 Å². The summed E-state index contributed by atoms with van der Waals surface area (Å²) in [6.07, 6.45) is 4.23. The Balaban J connectivity index is 2.17. The molecule has 23 heavy (non-hydrogen) atoms. The van der Waals surface area contributed by atoms with Crippen molar-refractivity contribution in [3.8, 4) is 0 Å². The lowest BCUT2D eigenvalue weighted by molar-refractivity contribution is 0.0758. The molecule has 0 bridgehead atoms. The van der Waals surface area contributed by atoms with Gasteiger partial charge in [0.25, 0.3) is 0 Å². The fraction of sp³-hybridized carbons (Fsp3) is 0.571. The van der Waals surface area contributed by atoms with E-state index in [1.807, 2.05) is 30.3 Å². The molecule has 1 aliphatic rings. The average Bonchev–Trinajstić information content (AvgIpc) is 2.57. The number of carbonyl (C=O) groups is 1. The highest BCUT2D eigenvalue weighted by Gasteiger charge is 2.37. The van der Waals surface area contributed by atoms with Crippen LogP contribution in [0, 0.1) is 11.8 Å². The molecule has 1 aliphatic carbocycles. The summed E-state index contributed by atoms with van der Waals surface area (Å²) in [6, 6.07) is 9.38. The van der Waals surface area contributed by atoms with Gasteiger partial charge >= 0.3 is 0 Å².